The summed E-state index contributed by atoms with van der Waals surface area (Å²) in [4.78, 5) is 26.8. The van der Waals surface area contributed by atoms with E-state index in [4.69, 9.17) is 19.5 Å². The van der Waals surface area contributed by atoms with Gasteiger partial charge in [-0.05, 0) is 166 Å². The molecule has 0 aliphatic heterocycles. The van der Waals surface area contributed by atoms with Gasteiger partial charge in [-0.15, -0.1) is 56.7 Å². The topological polar surface area (TPSA) is 129 Å². The normalized spacial score (nSPS) is 9.67. The lowest BCUT2D eigenvalue weighted by molar-refractivity contribution is 0.354. The Labute approximate surface area is 543 Å². The van der Waals surface area contributed by atoms with E-state index in [1.807, 2.05) is 171 Å². The molecule has 15 heteroatoms. The summed E-state index contributed by atoms with van der Waals surface area (Å²) in [5, 5.41) is 20.2. The zero-order chi connectivity index (χ0) is 64.2. The van der Waals surface area contributed by atoms with Gasteiger partial charge in [0, 0.05) is 55.4 Å². The molecule has 12 aromatic rings. The van der Waals surface area contributed by atoms with Crippen LogP contribution in [0.3, 0.4) is 0 Å². The second-order valence-electron chi connectivity index (χ2n) is 19.5. The van der Waals surface area contributed by atoms with Crippen LogP contribution < -0.4 is 14.2 Å². The Bertz CT molecular complexity index is 3790. The van der Waals surface area contributed by atoms with E-state index in [1.54, 1.807) is 90.3 Å². The van der Waals surface area contributed by atoms with Gasteiger partial charge in [0.25, 0.3) is 0 Å². The average molecular weight is 1270 g/mol. The van der Waals surface area contributed by atoms with Gasteiger partial charge in [-0.2, -0.15) is 5.26 Å². The number of hydrogen-bond donors (Lipinski definition) is 0. The first-order valence-electron chi connectivity index (χ1n) is 28.6. The van der Waals surface area contributed by atoms with E-state index in [-0.39, 0.29) is 0 Å². The van der Waals surface area contributed by atoms with Gasteiger partial charge in [0.15, 0.2) is 11.5 Å². The number of ether oxygens (including phenoxy) is 3. The molecule has 0 saturated carbocycles. The van der Waals surface area contributed by atoms with Gasteiger partial charge in [0.2, 0.25) is 0 Å². The highest BCUT2D eigenvalue weighted by atomic mass is 32.1. The Hall–Kier alpha value is -8.23. The van der Waals surface area contributed by atoms with Crippen molar-refractivity contribution < 1.29 is 14.2 Å². The molecule has 0 atom stereocenters. The summed E-state index contributed by atoms with van der Waals surface area (Å²) in [6.07, 6.45) is 3.91. The minimum absolute atomic E-state index is 0.731. The number of benzene rings is 6. The van der Waals surface area contributed by atoms with Gasteiger partial charge in [-0.25, -0.2) is 19.9 Å². The fraction of sp³-hybridized carbons (Fsp3) is 0.247. The van der Waals surface area contributed by atoms with Crippen molar-refractivity contribution in [2.24, 2.45) is 0 Å². The second-order valence-corrected chi connectivity index (χ2v) is 25.4. The molecule has 458 valence electrons. The maximum atomic E-state index is 8.41. The number of aromatic nitrogens is 6. The van der Waals surface area contributed by atoms with Gasteiger partial charge >= 0.3 is 0 Å². The van der Waals surface area contributed by atoms with Gasteiger partial charge in [0.1, 0.15) is 5.75 Å². The van der Waals surface area contributed by atoms with Crippen LogP contribution in [-0.4, -0.2) is 51.2 Å². The first-order chi connectivity index (χ1) is 42.4. The molecule has 0 aliphatic carbocycles. The van der Waals surface area contributed by atoms with Crippen LogP contribution in [0, 0.1) is 87.5 Å². The molecule has 0 fully saturated rings. The minimum atomic E-state index is 0.731. The molecule has 0 aliphatic rings. The van der Waals surface area contributed by atoms with Gasteiger partial charge < -0.3 is 14.2 Å². The molecule has 0 radical (unpaired) electrons. The Morgan fingerprint density at radius 1 is 0.443 bits per heavy atom. The molecule has 6 aromatic heterocycles. The van der Waals surface area contributed by atoms with Crippen LogP contribution >= 0.6 is 56.7 Å². The molecule has 12 rings (SSSR count). The maximum absolute atomic E-state index is 8.41. The van der Waals surface area contributed by atoms with Gasteiger partial charge in [0.05, 0.1) is 79.6 Å². The molecule has 0 spiro atoms. The van der Waals surface area contributed by atoms with Crippen LogP contribution in [0.15, 0.2) is 186 Å². The molecular weight excluding hydrogens is 1180 g/mol. The number of rotatable bonds is 7. The number of para-hydroxylation sites is 1. The molecule has 0 N–H and O–H groups in total. The quantitative estimate of drug-likeness (QED) is 0.152. The molecule has 0 bridgehead atoms. The van der Waals surface area contributed by atoms with E-state index >= 15 is 0 Å². The van der Waals surface area contributed by atoms with Gasteiger partial charge in [-0.1, -0.05) is 123 Å². The molecular formula is C73H83N7O3S5. The van der Waals surface area contributed by atoms with E-state index in [9.17, 15) is 0 Å². The van der Waals surface area contributed by atoms with Crippen molar-refractivity contribution in [3.63, 3.8) is 0 Å². The highest BCUT2D eigenvalue weighted by Gasteiger charge is 2.06. The van der Waals surface area contributed by atoms with Crippen LogP contribution in [0.25, 0.3) is 32.7 Å². The summed E-state index contributed by atoms with van der Waals surface area (Å²) in [7, 11) is 4.97. The number of fused-ring (bicyclic) bond motifs is 1. The summed E-state index contributed by atoms with van der Waals surface area (Å²) in [5.74, 6) is 2.52. The molecule has 0 unspecified atom stereocenters. The summed E-state index contributed by atoms with van der Waals surface area (Å²) in [5.41, 5.74) is 14.8. The summed E-state index contributed by atoms with van der Waals surface area (Å²) in [6.45, 7) is 26.5. The summed E-state index contributed by atoms with van der Waals surface area (Å²) >= 11 is 8.55. The molecule has 6 heterocycles. The first kappa shape index (κ1) is 72.2. The lowest BCUT2D eigenvalue weighted by atomic mass is 10.1. The molecule has 88 heavy (non-hydrogen) atoms. The number of nitrogens with zero attached hydrogens (tertiary/aromatic N) is 7. The number of methoxy groups -OCH3 is 3. The monoisotopic (exact) mass is 1270 g/mol. The van der Waals surface area contributed by atoms with E-state index < -0.39 is 0 Å². The Kier molecular flexibility index (Phi) is 33.1. The molecule has 0 saturated heterocycles. The Morgan fingerprint density at radius 2 is 1.06 bits per heavy atom. The highest BCUT2D eigenvalue weighted by Crippen LogP contribution is 2.29. The predicted octanol–water partition coefficient (Wildman–Crippen LogP) is 20.8. The molecule has 10 nitrogen and oxygen atoms in total. The van der Waals surface area contributed by atoms with Crippen LogP contribution in [-0.2, 0) is 12.8 Å². The standard InChI is InChI=1S/2C11H11NS.C10H14O2.C9H12O.C8H7NS.C8H7N.C7H9N.C5H7NS.C4H5NS/c1-8-3-5-10(6-4-8)11-7-13-9(2)12-11;1-8-11(12-9(2)13-8)10-6-4-3-5-7-10;1-4-8-5-6-9(11-2)10(7-8)12-3;1-3-8-4-6-9(10-2)7-5-8;1-6-9-7-4-2-3-5-8(7)10-6;1-7-3-2-4-8(5-7)6-9;1-6-4-3-5-7(2)8-6;1-4-3-7-5(2)6-4;1-4-5-2-3-6-4/h2*3-7H,1-2H3;5-7H,4H2,1-3H3;4-7H,3H2,1-2H3;2-5H,1H3;2-5H,1H3;3-5H,1-2H3;3H,1-2H3;2-3H,1H3. The van der Waals surface area contributed by atoms with E-state index in [0.29, 0.717) is 0 Å². The molecule has 6 aromatic carbocycles. The van der Waals surface area contributed by atoms with E-state index in [1.165, 1.54) is 37.4 Å². The first-order valence-corrected chi connectivity index (χ1v) is 32.9. The maximum Gasteiger partial charge on any atom is 0.160 e. The Morgan fingerprint density at radius 3 is 1.51 bits per heavy atom. The fourth-order valence-corrected chi connectivity index (χ4v) is 11.0. The Balaban J connectivity index is 0.000000214. The van der Waals surface area contributed by atoms with Crippen molar-refractivity contribution in [3.05, 3.63) is 261 Å². The number of aryl methyl sites for hydroxylation is 13. The number of hydrogen-bond acceptors (Lipinski definition) is 15. The number of nitriles is 1. The average Bonchev–Trinajstić information content (AvgIpc) is 3.73. The third-order valence-corrected chi connectivity index (χ3v) is 16.4. The van der Waals surface area contributed by atoms with Crippen LogP contribution in [0.4, 0.5) is 0 Å². The van der Waals surface area contributed by atoms with Crippen LogP contribution in [0.2, 0.25) is 0 Å². The zero-order valence-electron chi connectivity index (χ0n) is 53.7. The summed E-state index contributed by atoms with van der Waals surface area (Å²) < 4.78 is 16.6. The lowest BCUT2D eigenvalue weighted by Gasteiger charge is -2.07. The zero-order valence-corrected chi connectivity index (χ0v) is 57.8. The third-order valence-electron chi connectivity index (χ3n) is 12.2. The minimum Gasteiger partial charge on any atom is -0.497 e. The van der Waals surface area contributed by atoms with Crippen molar-refractivity contribution in [3.8, 4) is 45.8 Å². The van der Waals surface area contributed by atoms with E-state index in [2.05, 4.69) is 129 Å². The third kappa shape index (κ3) is 27.6. The van der Waals surface area contributed by atoms with E-state index in [0.717, 1.165) is 100 Å². The fourth-order valence-electron chi connectivity index (χ4n) is 7.72. The van der Waals surface area contributed by atoms with Crippen molar-refractivity contribution in [2.45, 2.75) is 103 Å². The number of thiazole rings is 5. The van der Waals surface area contributed by atoms with Crippen LogP contribution in [0.5, 0.6) is 17.2 Å². The van der Waals surface area contributed by atoms with Crippen molar-refractivity contribution in [1.82, 2.24) is 29.9 Å². The number of pyridine rings is 1. The van der Waals surface area contributed by atoms with Crippen molar-refractivity contribution in [1.29, 1.82) is 5.26 Å². The SMILES string of the molecule is CCc1ccc(OC)c(OC)c1.CCc1ccc(OC)cc1.Cc1ccc(-c2csc(C)n2)cc1.Cc1cccc(C#N)c1.Cc1cccc(C)n1.Cc1csc(C)n1.Cc1nc(-c2ccccc2)c(C)s1.Cc1nc2ccccc2s1.Cc1nccs1. The smallest absolute Gasteiger partial charge is 0.160 e. The highest BCUT2D eigenvalue weighted by molar-refractivity contribution is 7.18. The predicted molar refractivity (Wildman–Crippen MR) is 378 cm³/mol. The lowest BCUT2D eigenvalue weighted by Crippen LogP contribution is -1.91. The largest absolute Gasteiger partial charge is 0.497 e. The van der Waals surface area contributed by atoms with Crippen molar-refractivity contribution >= 4 is 66.9 Å². The van der Waals surface area contributed by atoms with Crippen LogP contribution in [0.1, 0.15) is 88.7 Å². The van der Waals surface area contributed by atoms with Gasteiger partial charge in [-0.3, -0.25) is 9.97 Å². The second kappa shape index (κ2) is 40.3. The molecule has 0 amide bonds. The summed E-state index contributed by atoms with van der Waals surface area (Å²) in [6, 6.07) is 56.7. The van der Waals surface area contributed by atoms with Crippen molar-refractivity contribution in [2.75, 3.05) is 21.3 Å².